The summed E-state index contributed by atoms with van der Waals surface area (Å²) < 4.78 is 30.9. The van der Waals surface area contributed by atoms with Crippen molar-refractivity contribution in [3.63, 3.8) is 0 Å². The van der Waals surface area contributed by atoms with Crippen molar-refractivity contribution in [2.45, 2.75) is 173 Å². The van der Waals surface area contributed by atoms with Crippen LogP contribution in [0.5, 0.6) is 0 Å². The minimum Gasteiger partial charge on any atom is -0.459 e. The van der Waals surface area contributed by atoms with Gasteiger partial charge in [-0.05, 0) is 81.4 Å². The molecule has 0 spiro atoms. The lowest BCUT2D eigenvalue weighted by molar-refractivity contribution is -0.295. The van der Waals surface area contributed by atoms with Crippen LogP contribution < -0.4 is 0 Å². The van der Waals surface area contributed by atoms with Gasteiger partial charge in [-0.25, -0.2) is 0 Å². The fraction of sp³-hybridized carbons (Fsp3) is 0.878. The zero-order valence-corrected chi connectivity index (χ0v) is 35.9. The van der Waals surface area contributed by atoms with Gasteiger partial charge in [0.15, 0.2) is 12.1 Å². The number of aliphatic hydroxyl groups excluding tert-OH is 3. The standard InChI is InChI=1S/C41H71N3O12/c1-15-17-18-44(13)29-20-24(5)52-38(34(29)47)55-36-26(7)32(45)27(8)37(49)54-30(16-2)41(10,50)35(48)25(6)31(22(3)21-40(36,9)51-14)42-56-39-33(46)28(43(11)12)19-23(4)53-39/h1,22-30,33-36,38-39,46-48,50H,16-21H2,2-14H3/b42-31+/t22-,23-,24-,25+,26+,27-,28+,29+,30-,33-,34-,35-,36-,38+,39+,40-,41-/m1/s1. The van der Waals surface area contributed by atoms with E-state index in [0.717, 1.165) is 0 Å². The highest BCUT2D eigenvalue weighted by Gasteiger charge is 2.52. The summed E-state index contributed by atoms with van der Waals surface area (Å²) in [6.45, 7) is 15.8. The van der Waals surface area contributed by atoms with Crippen molar-refractivity contribution in [2.24, 2.45) is 28.8 Å². The Labute approximate surface area is 334 Å². The molecule has 0 aromatic carbocycles. The minimum atomic E-state index is -1.99. The maximum atomic E-state index is 14.3. The maximum Gasteiger partial charge on any atom is 0.316 e. The Morgan fingerprint density at radius 3 is 2.05 bits per heavy atom. The third kappa shape index (κ3) is 10.9. The van der Waals surface area contributed by atoms with Crippen LogP contribution in [0.15, 0.2) is 5.16 Å². The monoisotopic (exact) mass is 798 g/mol. The Morgan fingerprint density at radius 2 is 1.50 bits per heavy atom. The molecule has 3 aliphatic heterocycles. The highest BCUT2D eigenvalue weighted by atomic mass is 16.8. The normalized spacial score (nSPS) is 44.3. The zero-order valence-electron chi connectivity index (χ0n) is 35.9. The number of ketones is 1. The van der Waals surface area contributed by atoms with Gasteiger partial charge in [-0.15, -0.1) is 12.3 Å². The number of cyclic esters (lactones) is 1. The average Bonchev–Trinajstić information content (AvgIpc) is 3.14. The predicted molar refractivity (Wildman–Crippen MR) is 209 cm³/mol. The van der Waals surface area contributed by atoms with Gasteiger partial charge in [-0.3, -0.25) is 14.5 Å². The molecule has 0 bridgehead atoms. The molecule has 0 aliphatic carbocycles. The molecule has 3 fully saturated rings. The van der Waals surface area contributed by atoms with Gasteiger partial charge in [0.2, 0.25) is 0 Å². The number of Topliss-reactive ketones (excluding diaryl/α,β-unsaturated/α-hetero) is 1. The van der Waals surface area contributed by atoms with Crippen molar-refractivity contribution in [3.05, 3.63) is 0 Å². The van der Waals surface area contributed by atoms with E-state index < -0.39 is 89.7 Å². The van der Waals surface area contributed by atoms with Crippen LogP contribution in [-0.4, -0.2) is 161 Å². The number of methoxy groups -OCH3 is 1. The van der Waals surface area contributed by atoms with Crippen molar-refractivity contribution in [1.29, 1.82) is 0 Å². The van der Waals surface area contributed by atoms with Crippen LogP contribution in [0.4, 0.5) is 0 Å². The molecule has 3 rings (SSSR count). The smallest absolute Gasteiger partial charge is 0.316 e. The molecular weight excluding hydrogens is 726 g/mol. The van der Waals surface area contributed by atoms with Crippen LogP contribution in [0.3, 0.4) is 0 Å². The van der Waals surface area contributed by atoms with Crippen molar-refractivity contribution >= 4 is 17.5 Å². The maximum absolute atomic E-state index is 14.3. The number of oxime groups is 1. The SMILES string of the molecule is C#CCCN(C)[C@H]1C[C@@H](C)O[C@@H](O[C@@H]2[C@@H](C)C(=O)[C@@H](C)C(=O)O[C@H](CC)[C@@](C)(O)[C@H](O)[C@@H](C)/C(=N/O[C@@H]3O[C@H](C)C[C@H](N(C)C)[C@H]3O)[C@H](C)C[C@@]2(C)OC)[C@@H]1O. The number of terminal acetylenes is 1. The first-order valence-electron chi connectivity index (χ1n) is 20.1. The number of rotatable bonds is 10. The second-order valence-electron chi connectivity index (χ2n) is 17.1. The van der Waals surface area contributed by atoms with Crippen LogP contribution in [0, 0.1) is 36.0 Å². The fourth-order valence-electron chi connectivity index (χ4n) is 8.69. The van der Waals surface area contributed by atoms with Crippen molar-refractivity contribution in [2.75, 3.05) is 34.8 Å². The Kier molecular flexibility index (Phi) is 17.3. The number of likely N-dealkylation sites (N-methyl/N-ethyl adjacent to an activating group) is 2. The molecule has 3 aliphatic rings. The molecule has 56 heavy (non-hydrogen) atoms. The molecule has 322 valence electrons. The summed E-state index contributed by atoms with van der Waals surface area (Å²) in [5.74, 6) is -2.52. The molecule has 17 atom stereocenters. The number of carbonyl (C=O) groups excluding carboxylic acids is 2. The number of esters is 1. The molecule has 3 saturated heterocycles. The van der Waals surface area contributed by atoms with Gasteiger partial charge < -0.3 is 53.8 Å². The second-order valence-corrected chi connectivity index (χ2v) is 17.1. The van der Waals surface area contributed by atoms with E-state index in [4.69, 9.17) is 34.9 Å². The van der Waals surface area contributed by atoms with Gasteiger partial charge in [0, 0.05) is 49.9 Å². The van der Waals surface area contributed by atoms with Crippen molar-refractivity contribution < 1.29 is 58.5 Å². The van der Waals surface area contributed by atoms with E-state index in [-0.39, 0.29) is 37.1 Å². The highest BCUT2D eigenvalue weighted by Crippen LogP contribution is 2.39. The average molecular weight is 798 g/mol. The van der Waals surface area contributed by atoms with Crippen molar-refractivity contribution in [3.8, 4) is 12.3 Å². The van der Waals surface area contributed by atoms with Gasteiger partial charge in [0.1, 0.15) is 29.8 Å². The minimum absolute atomic E-state index is 0.123. The van der Waals surface area contributed by atoms with Crippen LogP contribution in [0.2, 0.25) is 0 Å². The number of aliphatic hydroxyl groups is 4. The van der Waals surface area contributed by atoms with E-state index in [1.165, 1.54) is 21.0 Å². The topological polar surface area (TPSA) is 189 Å². The van der Waals surface area contributed by atoms with Crippen LogP contribution in [-0.2, 0) is 38.1 Å². The molecule has 15 heteroatoms. The van der Waals surface area contributed by atoms with E-state index in [2.05, 4.69) is 11.1 Å². The van der Waals surface area contributed by atoms with Gasteiger partial charge in [-0.2, -0.15) is 0 Å². The number of ether oxygens (including phenoxy) is 5. The molecule has 0 radical (unpaired) electrons. The second kappa shape index (κ2) is 20.2. The zero-order chi connectivity index (χ0) is 42.4. The van der Waals surface area contributed by atoms with E-state index in [9.17, 15) is 30.0 Å². The third-order valence-corrected chi connectivity index (χ3v) is 12.4. The van der Waals surface area contributed by atoms with Gasteiger partial charge >= 0.3 is 5.97 Å². The largest absolute Gasteiger partial charge is 0.459 e. The quantitative estimate of drug-likeness (QED) is 0.109. The molecule has 0 amide bonds. The highest BCUT2D eigenvalue weighted by molar-refractivity contribution is 6.00. The number of carbonyl (C=O) groups is 2. The summed E-state index contributed by atoms with van der Waals surface area (Å²) in [5, 5.41) is 51.2. The van der Waals surface area contributed by atoms with Crippen LogP contribution in [0.1, 0.15) is 94.4 Å². The first-order valence-corrected chi connectivity index (χ1v) is 20.1. The van der Waals surface area contributed by atoms with E-state index in [1.807, 2.05) is 51.7 Å². The number of nitrogens with zero attached hydrogens (tertiary/aromatic N) is 3. The summed E-state index contributed by atoms with van der Waals surface area (Å²) in [5.41, 5.74) is -3.01. The molecule has 15 nitrogen and oxygen atoms in total. The number of hydrogen-bond acceptors (Lipinski definition) is 15. The molecule has 0 unspecified atom stereocenters. The summed E-state index contributed by atoms with van der Waals surface area (Å²) in [4.78, 5) is 37.8. The molecule has 0 aromatic rings. The van der Waals surface area contributed by atoms with Gasteiger partial charge in [0.05, 0.1) is 35.7 Å². The lowest BCUT2D eigenvalue weighted by Crippen LogP contribution is -2.60. The lowest BCUT2D eigenvalue weighted by Gasteiger charge is -2.47. The molecule has 0 aromatic heterocycles. The fourth-order valence-corrected chi connectivity index (χ4v) is 8.69. The predicted octanol–water partition coefficient (Wildman–Crippen LogP) is 2.35. The third-order valence-electron chi connectivity index (χ3n) is 12.4. The van der Waals surface area contributed by atoms with Gasteiger partial charge in [0.25, 0.3) is 6.29 Å². The molecule has 0 saturated carbocycles. The van der Waals surface area contributed by atoms with E-state index >= 15 is 0 Å². The number of hydrogen-bond donors (Lipinski definition) is 4. The Morgan fingerprint density at radius 1 is 0.929 bits per heavy atom. The van der Waals surface area contributed by atoms with E-state index in [1.54, 1.807) is 27.7 Å². The molecule has 4 N–H and O–H groups in total. The lowest BCUT2D eigenvalue weighted by atomic mass is 9.74. The van der Waals surface area contributed by atoms with Crippen LogP contribution >= 0.6 is 0 Å². The Hall–Kier alpha value is -2.23. The van der Waals surface area contributed by atoms with Crippen molar-refractivity contribution in [1.82, 2.24) is 9.80 Å². The Bertz CT molecular complexity index is 1370. The summed E-state index contributed by atoms with van der Waals surface area (Å²) in [7, 11) is 7.08. The summed E-state index contributed by atoms with van der Waals surface area (Å²) in [6, 6.07) is -0.644. The Balaban J connectivity index is 2.17. The van der Waals surface area contributed by atoms with Gasteiger partial charge in [-0.1, -0.05) is 32.9 Å². The summed E-state index contributed by atoms with van der Waals surface area (Å²) >= 11 is 0. The summed E-state index contributed by atoms with van der Waals surface area (Å²) in [6.07, 6.45) is -1.58. The molecular formula is C41H71N3O12. The van der Waals surface area contributed by atoms with E-state index in [0.29, 0.717) is 31.5 Å². The first kappa shape index (κ1) is 48.1. The van der Waals surface area contributed by atoms with Crippen LogP contribution in [0.25, 0.3) is 0 Å². The first-order chi connectivity index (χ1) is 26.1. The molecule has 3 heterocycles.